The zero-order chi connectivity index (χ0) is 16.7. The first kappa shape index (κ1) is 18.1. The van der Waals surface area contributed by atoms with Crippen molar-refractivity contribution in [1.29, 1.82) is 0 Å². The second kappa shape index (κ2) is 8.51. The summed E-state index contributed by atoms with van der Waals surface area (Å²) in [5.74, 6) is -0.715. The number of nitrogens with two attached hydrogens (primary N) is 1. The molecule has 0 saturated heterocycles. The van der Waals surface area contributed by atoms with E-state index < -0.39 is 12.1 Å². The minimum Gasteiger partial charge on any atom is -0.387 e. The molecule has 0 aromatic heterocycles. The van der Waals surface area contributed by atoms with Gasteiger partial charge in [-0.05, 0) is 24.0 Å². The summed E-state index contributed by atoms with van der Waals surface area (Å²) in [6.45, 7) is 5.51. The molecule has 6 heteroatoms. The topological polar surface area (TPSA) is 104 Å². The van der Waals surface area contributed by atoms with Crippen LogP contribution in [-0.2, 0) is 9.59 Å². The molecular weight excluding hydrogens is 282 g/mol. The zero-order valence-corrected chi connectivity index (χ0v) is 13.3. The van der Waals surface area contributed by atoms with E-state index >= 15 is 0 Å². The number of carbonyl (C=O) groups excluding carboxylic acids is 2. The van der Waals surface area contributed by atoms with Crippen molar-refractivity contribution in [3.63, 3.8) is 0 Å². The molecule has 22 heavy (non-hydrogen) atoms. The quantitative estimate of drug-likeness (QED) is 0.579. The molecule has 1 aromatic rings. The molecule has 0 bridgehead atoms. The molecular formula is C16H25N3O3. The van der Waals surface area contributed by atoms with Crippen molar-refractivity contribution in [2.24, 2.45) is 11.7 Å². The molecule has 0 spiro atoms. The first-order valence-electron chi connectivity index (χ1n) is 7.36. The van der Waals surface area contributed by atoms with E-state index in [1.165, 1.54) is 0 Å². The minimum absolute atomic E-state index is 0.00550. The molecule has 0 aliphatic rings. The highest BCUT2D eigenvalue weighted by Gasteiger charge is 2.18. The number of carbonyl (C=O) groups is 2. The van der Waals surface area contributed by atoms with Crippen LogP contribution in [0.25, 0.3) is 0 Å². The predicted molar refractivity (Wildman–Crippen MR) is 85.0 cm³/mol. The third-order valence-electron chi connectivity index (χ3n) is 3.48. The van der Waals surface area contributed by atoms with Gasteiger partial charge in [-0.25, -0.2) is 0 Å². The number of aliphatic hydroxyl groups excluding tert-OH is 1. The average molecular weight is 307 g/mol. The third-order valence-corrected chi connectivity index (χ3v) is 3.48. The van der Waals surface area contributed by atoms with Crippen LogP contribution in [0, 0.1) is 12.8 Å². The van der Waals surface area contributed by atoms with Crippen molar-refractivity contribution in [2.75, 3.05) is 13.1 Å². The second-order valence-corrected chi connectivity index (χ2v) is 5.66. The van der Waals surface area contributed by atoms with Crippen LogP contribution in [0.3, 0.4) is 0 Å². The SMILES string of the molecule is Cc1ccccc1C(O)CNC(=O)CNC(=O)[C@@H](N)C(C)C. The summed E-state index contributed by atoms with van der Waals surface area (Å²) in [7, 11) is 0. The third kappa shape index (κ3) is 5.46. The van der Waals surface area contributed by atoms with Gasteiger partial charge in [0, 0.05) is 6.54 Å². The molecule has 0 saturated carbocycles. The summed E-state index contributed by atoms with van der Waals surface area (Å²) in [6, 6.07) is 6.80. The summed E-state index contributed by atoms with van der Waals surface area (Å²) in [4.78, 5) is 23.3. The number of nitrogens with one attached hydrogen (secondary N) is 2. The van der Waals surface area contributed by atoms with Crippen molar-refractivity contribution < 1.29 is 14.7 Å². The maximum Gasteiger partial charge on any atom is 0.239 e. The number of hydrogen-bond donors (Lipinski definition) is 4. The van der Waals surface area contributed by atoms with Crippen LogP contribution in [0.2, 0.25) is 0 Å². The fourth-order valence-corrected chi connectivity index (χ4v) is 1.93. The molecule has 0 radical (unpaired) electrons. The van der Waals surface area contributed by atoms with Gasteiger partial charge in [-0.15, -0.1) is 0 Å². The highest BCUT2D eigenvalue weighted by atomic mass is 16.3. The van der Waals surface area contributed by atoms with Gasteiger partial charge in [0.15, 0.2) is 0 Å². The van der Waals surface area contributed by atoms with Gasteiger partial charge < -0.3 is 21.5 Å². The molecule has 0 aliphatic carbocycles. The lowest BCUT2D eigenvalue weighted by atomic mass is 10.0. The number of hydrogen-bond acceptors (Lipinski definition) is 4. The Morgan fingerprint density at radius 3 is 2.45 bits per heavy atom. The standard InChI is InChI=1S/C16H25N3O3/c1-10(2)15(17)16(22)19-9-14(21)18-8-13(20)12-7-5-4-6-11(12)3/h4-7,10,13,15,20H,8-9,17H2,1-3H3,(H,18,21)(H,19,22)/t13?,15-/m0/s1. The van der Waals surface area contributed by atoms with Crippen molar-refractivity contribution in [1.82, 2.24) is 10.6 Å². The monoisotopic (exact) mass is 307 g/mol. The molecule has 0 heterocycles. The van der Waals surface area contributed by atoms with Crippen LogP contribution in [0.1, 0.15) is 31.1 Å². The Morgan fingerprint density at radius 1 is 1.23 bits per heavy atom. The Balaban J connectivity index is 2.37. The molecule has 1 aromatic carbocycles. The summed E-state index contributed by atoms with van der Waals surface area (Å²) in [5.41, 5.74) is 7.41. The van der Waals surface area contributed by atoms with Gasteiger partial charge >= 0.3 is 0 Å². The summed E-state index contributed by atoms with van der Waals surface area (Å²) in [5, 5.41) is 15.1. The van der Waals surface area contributed by atoms with Crippen LogP contribution in [0.5, 0.6) is 0 Å². The van der Waals surface area contributed by atoms with Gasteiger partial charge in [-0.3, -0.25) is 9.59 Å². The Bertz CT molecular complexity index is 517. The van der Waals surface area contributed by atoms with Crippen molar-refractivity contribution in [2.45, 2.75) is 32.9 Å². The molecule has 2 atom stereocenters. The summed E-state index contributed by atoms with van der Waals surface area (Å²) >= 11 is 0. The maximum absolute atomic E-state index is 11.7. The first-order valence-corrected chi connectivity index (χ1v) is 7.36. The number of rotatable bonds is 7. The lowest BCUT2D eigenvalue weighted by Crippen LogP contribution is -2.47. The Hall–Kier alpha value is -1.92. The maximum atomic E-state index is 11.7. The molecule has 5 N–H and O–H groups in total. The van der Waals surface area contributed by atoms with E-state index in [0.717, 1.165) is 11.1 Å². The Morgan fingerprint density at radius 2 is 1.86 bits per heavy atom. The van der Waals surface area contributed by atoms with E-state index in [9.17, 15) is 14.7 Å². The fraction of sp³-hybridized carbons (Fsp3) is 0.500. The van der Waals surface area contributed by atoms with E-state index in [2.05, 4.69) is 10.6 Å². The van der Waals surface area contributed by atoms with Crippen LogP contribution < -0.4 is 16.4 Å². The molecule has 0 aliphatic heterocycles. The largest absolute Gasteiger partial charge is 0.387 e. The molecule has 6 nitrogen and oxygen atoms in total. The predicted octanol–water partition coefficient (Wildman–Crippen LogP) is 0.244. The second-order valence-electron chi connectivity index (χ2n) is 5.66. The molecule has 0 fully saturated rings. The van der Waals surface area contributed by atoms with E-state index in [4.69, 9.17) is 5.73 Å². The van der Waals surface area contributed by atoms with Gasteiger partial charge in [0.2, 0.25) is 11.8 Å². The summed E-state index contributed by atoms with van der Waals surface area (Å²) < 4.78 is 0. The number of benzene rings is 1. The highest BCUT2D eigenvalue weighted by molar-refractivity contribution is 5.87. The van der Waals surface area contributed by atoms with E-state index in [-0.39, 0.29) is 30.8 Å². The van der Waals surface area contributed by atoms with Gasteiger partial charge in [-0.2, -0.15) is 0 Å². The van der Waals surface area contributed by atoms with Crippen molar-refractivity contribution >= 4 is 11.8 Å². The number of aliphatic hydroxyl groups is 1. The van der Waals surface area contributed by atoms with E-state index in [1.54, 1.807) is 0 Å². The molecule has 2 amide bonds. The van der Waals surface area contributed by atoms with Crippen molar-refractivity contribution in [3.8, 4) is 0 Å². The van der Waals surface area contributed by atoms with Crippen LogP contribution in [-0.4, -0.2) is 36.1 Å². The van der Waals surface area contributed by atoms with Crippen LogP contribution in [0.4, 0.5) is 0 Å². The van der Waals surface area contributed by atoms with Crippen LogP contribution in [0.15, 0.2) is 24.3 Å². The zero-order valence-electron chi connectivity index (χ0n) is 13.3. The number of amides is 2. The minimum atomic E-state index is -0.779. The van der Waals surface area contributed by atoms with Crippen LogP contribution >= 0.6 is 0 Å². The lowest BCUT2D eigenvalue weighted by molar-refractivity contribution is -0.127. The normalized spacial score (nSPS) is 13.5. The van der Waals surface area contributed by atoms with Gasteiger partial charge in [0.05, 0.1) is 18.7 Å². The Labute approximate surface area is 131 Å². The van der Waals surface area contributed by atoms with Gasteiger partial charge in [0.25, 0.3) is 0 Å². The van der Waals surface area contributed by atoms with E-state index in [1.807, 2.05) is 45.0 Å². The first-order chi connectivity index (χ1) is 10.3. The molecule has 1 rings (SSSR count). The smallest absolute Gasteiger partial charge is 0.239 e. The van der Waals surface area contributed by atoms with E-state index in [0.29, 0.717) is 0 Å². The number of aryl methyl sites for hydroxylation is 1. The lowest BCUT2D eigenvalue weighted by Gasteiger charge is -2.16. The van der Waals surface area contributed by atoms with Crippen molar-refractivity contribution in [3.05, 3.63) is 35.4 Å². The van der Waals surface area contributed by atoms with Gasteiger partial charge in [0.1, 0.15) is 0 Å². The highest BCUT2D eigenvalue weighted by Crippen LogP contribution is 2.15. The Kier molecular flexibility index (Phi) is 7.01. The molecule has 1 unspecified atom stereocenters. The fourth-order valence-electron chi connectivity index (χ4n) is 1.93. The molecule has 122 valence electrons. The van der Waals surface area contributed by atoms with Gasteiger partial charge in [-0.1, -0.05) is 38.1 Å². The average Bonchev–Trinajstić information content (AvgIpc) is 2.49. The summed E-state index contributed by atoms with van der Waals surface area (Å²) in [6.07, 6.45) is -0.779.